The van der Waals surface area contributed by atoms with Crippen LogP contribution in [0.1, 0.15) is 69.9 Å². The molecule has 1 aliphatic rings. The maximum Gasteiger partial charge on any atom is 0.137 e. The maximum absolute atomic E-state index is 6.52. The number of furan rings is 1. The second-order valence-corrected chi connectivity index (χ2v) is 15.5. The standard InChI is InChI=1S/C50H45NO/c1-50(2,3)37-31-32-44(42(33-37)35-19-8-5-9-20-35)51(45-28-16-30-47-49(45)41-24-11-13-29-46(41)52-47)43-27-12-10-23-39(43)40-26-15-22-36-21-14-25-38(48(36)40)34-17-6-4-7-18-34/h5,8-16,19-34H,4,6-7,17-18H2,1-3H3. The molecular formula is C50H45NO. The van der Waals surface area contributed by atoms with E-state index in [9.17, 15) is 0 Å². The molecule has 0 atom stereocenters. The predicted octanol–water partition coefficient (Wildman–Crippen LogP) is 14.9. The van der Waals surface area contributed by atoms with Crippen LogP contribution in [0.5, 0.6) is 0 Å². The van der Waals surface area contributed by atoms with Gasteiger partial charge in [0.1, 0.15) is 11.2 Å². The van der Waals surface area contributed by atoms with E-state index in [4.69, 9.17) is 4.42 Å². The van der Waals surface area contributed by atoms with Gasteiger partial charge in [0.25, 0.3) is 0 Å². The van der Waals surface area contributed by atoms with Crippen molar-refractivity contribution in [2.75, 3.05) is 4.90 Å². The number of hydrogen-bond donors (Lipinski definition) is 0. The molecule has 0 radical (unpaired) electrons. The molecule has 0 unspecified atom stereocenters. The molecule has 0 amide bonds. The van der Waals surface area contributed by atoms with Gasteiger partial charge in [-0.05, 0) is 93.6 Å². The van der Waals surface area contributed by atoms with Gasteiger partial charge in [-0.1, -0.05) is 155 Å². The number of rotatable bonds is 6. The molecule has 1 aliphatic carbocycles. The van der Waals surface area contributed by atoms with Crippen LogP contribution in [0, 0.1) is 0 Å². The Morgan fingerprint density at radius 3 is 2.00 bits per heavy atom. The molecule has 0 N–H and O–H groups in total. The van der Waals surface area contributed by atoms with Gasteiger partial charge in [0.15, 0.2) is 0 Å². The topological polar surface area (TPSA) is 16.4 Å². The first-order valence-corrected chi connectivity index (χ1v) is 19.0. The van der Waals surface area contributed by atoms with Crippen LogP contribution in [0.25, 0.3) is 55.0 Å². The highest BCUT2D eigenvalue weighted by atomic mass is 16.3. The lowest BCUT2D eigenvalue weighted by Crippen LogP contribution is -2.15. The second kappa shape index (κ2) is 13.2. The van der Waals surface area contributed by atoms with Crippen LogP contribution in [0.15, 0.2) is 156 Å². The van der Waals surface area contributed by atoms with E-state index in [1.807, 2.05) is 0 Å². The van der Waals surface area contributed by atoms with Crippen LogP contribution in [0.4, 0.5) is 17.1 Å². The highest BCUT2D eigenvalue weighted by Crippen LogP contribution is 2.50. The predicted molar refractivity (Wildman–Crippen MR) is 221 cm³/mol. The molecule has 2 heteroatoms. The fourth-order valence-corrected chi connectivity index (χ4v) is 8.62. The van der Waals surface area contributed by atoms with E-state index in [1.54, 1.807) is 0 Å². The Morgan fingerprint density at radius 2 is 1.17 bits per heavy atom. The number of anilines is 3. The van der Waals surface area contributed by atoms with E-state index < -0.39 is 0 Å². The van der Waals surface area contributed by atoms with Crippen molar-refractivity contribution in [1.82, 2.24) is 0 Å². The summed E-state index contributed by atoms with van der Waals surface area (Å²) in [7, 11) is 0. The Kier molecular flexibility index (Phi) is 8.19. The average Bonchev–Trinajstić information content (AvgIpc) is 3.58. The van der Waals surface area contributed by atoms with Crippen LogP contribution >= 0.6 is 0 Å². The van der Waals surface area contributed by atoms with Crippen LogP contribution in [-0.4, -0.2) is 0 Å². The van der Waals surface area contributed by atoms with Gasteiger partial charge < -0.3 is 9.32 Å². The quantitative estimate of drug-likeness (QED) is 0.174. The van der Waals surface area contributed by atoms with Crippen molar-refractivity contribution in [1.29, 1.82) is 0 Å². The Morgan fingerprint density at radius 1 is 0.519 bits per heavy atom. The molecule has 256 valence electrons. The maximum atomic E-state index is 6.52. The molecule has 8 aromatic rings. The highest BCUT2D eigenvalue weighted by Gasteiger charge is 2.27. The van der Waals surface area contributed by atoms with Crippen molar-refractivity contribution in [2.24, 2.45) is 0 Å². The van der Waals surface area contributed by atoms with E-state index >= 15 is 0 Å². The molecule has 7 aromatic carbocycles. The first-order valence-electron chi connectivity index (χ1n) is 19.0. The molecule has 52 heavy (non-hydrogen) atoms. The highest BCUT2D eigenvalue weighted by molar-refractivity contribution is 6.15. The van der Waals surface area contributed by atoms with Gasteiger partial charge in [0.2, 0.25) is 0 Å². The van der Waals surface area contributed by atoms with Gasteiger partial charge in [-0.25, -0.2) is 0 Å². The van der Waals surface area contributed by atoms with Crippen molar-refractivity contribution in [3.63, 3.8) is 0 Å². The lowest BCUT2D eigenvalue weighted by molar-refractivity contribution is 0.445. The van der Waals surface area contributed by atoms with Crippen molar-refractivity contribution < 1.29 is 4.42 Å². The minimum Gasteiger partial charge on any atom is -0.456 e. The third-order valence-corrected chi connectivity index (χ3v) is 11.2. The number of para-hydroxylation sites is 2. The van der Waals surface area contributed by atoms with Gasteiger partial charge in [0, 0.05) is 16.5 Å². The molecule has 1 aromatic heterocycles. The number of benzene rings is 7. The van der Waals surface area contributed by atoms with Crippen molar-refractivity contribution in [3.05, 3.63) is 163 Å². The first kappa shape index (κ1) is 32.3. The fourth-order valence-electron chi connectivity index (χ4n) is 8.62. The summed E-state index contributed by atoms with van der Waals surface area (Å²) < 4.78 is 6.52. The molecule has 0 bridgehead atoms. The van der Waals surface area contributed by atoms with Crippen molar-refractivity contribution in [2.45, 2.75) is 64.2 Å². The van der Waals surface area contributed by atoms with Gasteiger partial charge in [-0.3, -0.25) is 0 Å². The summed E-state index contributed by atoms with van der Waals surface area (Å²) in [5, 5.41) is 4.94. The van der Waals surface area contributed by atoms with Gasteiger partial charge in [-0.15, -0.1) is 0 Å². The first-order chi connectivity index (χ1) is 25.5. The Hall–Kier alpha value is -5.60. The SMILES string of the molecule is CC(C)(C)c1ccc(N(c2ccccc2-c2cccc3cccc(C4CCCCC4)c23)c2cccc3oc4ccccc4c23)c(-c2ccccc2)c1. The minimum absolute atomic E-state index is 0.00988. The summed E-state index contributed by atoms with van der Waals surface area (Å²) >= 11 is 0. The fraction of sp³-hybridized carbons (Fsp3) is 0.200. The van der Waals surface area contributed by atoms with Gasteiger partial charge in [0.05, 0.1) is 22.4 Å². The Labute approximate surface area is 307 Å². The smallest absolute Gasteiger partial charge is 0.137 e. The summed E-state index contributed by atoms with van der Waals surface area (Å²) in [6.07, 6.45) is 6.48. The van der Waals surface area contributed by atoms with Crippen LogP contribution in [0.3, 0.4) is 0 Å². The van der Waals surface area contributed by atoms with Crippen LogP contribution < -0.4 is 4.90 Å². The number of hydrogen-bond acceptors (Lipinski definition) is 2. The second-order valence-electron chi connectivity index (χ2n) is 15.5. The molecular weight excluding hydrogens is 631 g/mol. The zero-order valence-corrected chi connectivity index (χ0v) is 30.4. The molecule has 1 heterocycles. The molecule has 0 aliphatic heterocycles. The Bertz CT molecular complexity index is 2540. The van der Waals surface area contributed by atoms with E-state index in [1.165, 1.54) is 76.3 Å². The molecule has 0 spiro atoms. The molecule has 1 saturated carbocycles. The normalized spacial score (nSPS) is 14.0. The summed E-state index contributed by atoms with van der Waals surface area (Å²) in [6, 6.07) is 55.8. The van der Waals surface area contributed by atoms with Crippen molar-refractivity contribution in [3.8, 4) is 22.3 Å². The van der Waals surface area contributed by atoms with Crippen molar-refractivity contribution >= 4 is 49.8 Å². The lowest BCUT2D eigenvalue weighted by Gasteiger charge is -2.32. The zero-order valence-electron chi connectivity index (χ0n) is 30.4. The van der Waals surface area contributed by atoms with Gasteiger partial charge >= 0.3 is 0 Å². The molecule has 9 rings (SSSR count). The summed E-state index contributed by atoms with van der Waals surface area (Å²) in [6.45, 7) is 6.89. The molecule has 2 nitrogen and oxygen atoms in total. The van der Waals surface area contributed by atoms with Gasteiger partial charge in [-0.2, -0.15) is 0 Å². The molecule has 0 saturated heterocycles. The zero-order chi connectivity index (χ0) is 35.2. The number of nitrogens with zero attached hydrogens (tertiary/aromatic N) is 1. The lowest BCUT2D eigenvalue weighted by atomic mass is 9.80. The van der Waals surface area contributed by atoms with E-state index in [-0.39, 0.29) is 5.41 Å². The monoisotopic (exact) mass is 675 g/mol. The third kappa shape index (κ3) is 5.67. The Balaban J connectivity index is 1.37. The van der Waals surface area contributed by atoms with E-state index in [0.29, 0.717) is 5.92 Å². The largest absolute Gasteiger partial charge is 0.456 e. The average molecular weight is 676 g/mol. The van der Waals surface area contributed by atoms with Crippen LogP contribution in [0.2, 0.25) is 0 Å². The summed E-state index contributed by atoms with van der Waals surface area (Å²) in [5.74, 6) is 0.586. The van der Waals surface area contributed by atoms with E-state index in [2.05, 4.69) is 177 Å². The molecule has 1 fully saturated rings. The number of fused-ring (bicyclic) bond motifs is 4. The van der Waals surface area contributed by atoms with Crippen LogP contribution in [-0.2, 0) is 5.41 Å². The third-order valence-electron chi connectivity index (χ3n) is 11.2. The summed E-state index contributed by atoms with van der Waals surface area (Å²) in [4.78, 5) is 2.51. The summed E-state index contributed by atoms with van der Waals surface area (Å²) in [5.41, 5.74) is 12.9. The minimum atomic E-state index is -0.00988. The van der Waals surface area contributed by atoms with E-state index in [0.717, 1.165) is 39.0 Å².